The number of anilines is 1. The van der Waals surface area contributed by atoms with Gasteiger partial charge in [0.1, 0.15) is 5.75 Å². The van der Waals surface area contributed by atoms with Crippen LogP contribution in [0.1, 0.15) is 0 Å². The Kier molecular flexibility index (Phi) is 6.93. The Morgan fingerprint density at radius 2 is 1.60 bits per heavy atom. The molecule has 0 aromatic heterocycles. The Hall–Kier alpha value is -1.95. The summed E-state index contributed by atoms with van der Waals surface area (Å²) >= 11 is 17.6. The number of benzene rings is 2. The third-order valence-electron chi connectivity index (χ3n) is 3.19. The highest BCUT2D eigenvalue weighted by molar-refractivity contribution is 6.43. The normalized spacial score (nSPS) is 10.2. The van der Waals surface area contributed by atoms with Gasteiger partial charge in [-0.15, -0.1) is 0 Å². The number of halogens is 3. The molecule has 0 spiro atoms. The lowest BCUT2D eigenvalue weighted by atomic mass is 10.3. The van der Waals surface area contributed by atoms with Crippen molar-refractivity contribution in [1.29, 1.82) is 0 Å². The van der Waals surface area contributed by atoms with Crippen LogP contribution in [-0.2, 0) is 14.3 Å². The third kappa shape index (κ3) is 5.53. The number of hydrogen-bond donors (Lipinski definition) is 0. The number of para-hydroxylation sites is 1. The Morgan fingerprint density at radius 1 is 0.960 bits per heavy atom. The number of hydrogen-bond acceptors (Lipinski definition) is 4. The van der Waals surface area contributed by atoms with Crippen molar-refractivity contribution >= 4 is 52.4 Å². The molecule has 132 valence electrons. The Labute approximate surface area is 160 Å². The van der Waals surface area contributed by atoms with E-state index in [1.807, 2.05) is 6.07 Å². The first kappa shape index (κ1) is 19.4. The SMILES string of the molecule is CN(C(=O)COC(=O)COc1cc(Cl)c(Cl)cc1Cl)c1ccccc1. The number of amides is 1. The molecule has 0 saturated carbocycles. The minimum atomic E-state index is -0.711. The van der Waals surface area contributed by atoms with Crippen molar-refractivity contribution in [2.75, 3.05) is 25.2 Å². The monoisotopic (exact) mass is 401 g/mol. The smallest absolute Gasteiger partial charge is 0.344 e. The third-order valence-corrected chi connectivity index (χ3v) is 4.21. The molecule has 0 bridgehead atoms. The molecule has 5 nitrogen and oxygen atoms in total. The Bertz CT molecular complexity index is 768. The van der Waals surface area contributed by atoms with Crippen LogP contribution in [0.3, 0.4) is 0 Å². The minimum absolute atomic E-state index is 0.195. The van der Waals surface area contributed by atoms with E-state index in [4.69, 9.17) is 44.3 Å². The molecule has 2 aromatic rings. The predicted octanol–water partition coefficient (Wildman–Crippen LogP) is 4.23. The molecule has 0 saturated heterocycles. The zero-order valence-electron chi connectivity index (χ0n) is 13.2. The number of ether oxygens (including phenoxy) is 2. The van der Waals surface area contributed by atoms with Crippen LogP contribution in [0, 0.1) is 0 Å². The lowest BCUT2D eigenvalue weighted by Crippen LogP contribution is -2.31. The quantitative estimate of drug-likeness (QED) is 0.536. The van der Waals surface area contributed by atoms with Crippen LogP contribution in [0.25, 0.3) is 0 Å². The van der Waals surface area contributed by atoms with Crippen molar-refractivity contribution in [3.63, 3.8) is 0 Å². The fourth-order valence-electron chi connectivity index (χ4n) is 1.83. The maximum atomic E-state index is 12.0. The standard InChI is InChI=1S/C17H14Cl3NO4/c1-21(11-5-3-2-4-6-11)16(22)9-25-17(23)10-24-15-8-13(19)12(18)7-14(15)20/h2-8H,9-10H2,1H3. The van der Waals surface area contributed by atoms with E-state index in [0.717, 1.165) is 0 Å². The van der Waals surface area contributed by atoms with Gasteiger partial charge in [0.15, 0.2) is 13.2 Å². The molecule has 0 heterocycles. The molecule has 0 radical (unpaired) electrons. The van der Waals surface area contributed by atoms with Gasteiger partial charge < -0.3 is 14.4 Å². The first-order valence-electron chi connectivity index (χ1n) is 7.13. The second-order valence-electron chi connectivity index (χ2n) is 4.93. The zero-order chi connectivity index (χ0) is 18.4. The van der Waals surface area contributed by atoms with Gasteiger partial charge in [-0.25, -0.2) is 4.79 Å². The summed E-state index contributed by atoms with van der Waals surface area (Å²) in [5.74, 6) is -0.884. The molecular weight excluding hydrogens is 389 g/mol. The van der Waals surface area contributed by atoms with E-state index in [1.165, 1.54) is 17.0 Å². The zero-order valence-corrected chi connectivity index (χ0v) is 15.4. The number of carbonyl (C=O) groups is 2. The topological polar surface area (TPSA) is 55.8 Å². The highest BCUT2D eigenvalue weighted by atomic mass is 35.5. The Morgan fingerprint density at radius 3 is 2.28 bits per heavy atom. The second kappa shape index (κ2) is 8.94. The van der Waals surface area contributed by atoms with E-state index in [2.05, 4.69) is 0 Å². The average Bonchev–Trinajstić information content (AvgIpc) is 2.61. The molecule has 0 unspecified atom stereocenters. The summed E-state index contributed by atoms with van der Waals surface area (Å²) in [6.45, 7) is -0.817. The van der Waals surface area contributed by atoms with Crippen molar-refractivity contribution in [3.05, 3.63) is 57.5 Å². The maximum Gasteiger partial charge on any atom is 0.344 e. The van der Waals surface area contributed by atoms with E-state index in [0.29, 0.717) is 5.69 Å². The van der Waals surface area contributed by atoms with Gasteiger partial charge in [0.05, 0.1) is 15.1 Å². The molecule has 25 heavy (non-hydrogen) atoms. The lowest BCUT2D eigenvalue weighted by Gasteiger charge is -2.17. The van der Waals surface area contributed by atoms with Crippen LogP contribution in [-0.4, -0.2) is 32.1 Å². The molecule has 0 N–H and O–H groups in total. The lowest BCUT2D eigenvalue weighted by molar-refractivity contribution is -0.149. The van der Waals surface area contributed by atoms with E-state index in [9.17, 15) is 9.59 Å². The molecule has 1 amide bonds. The van der Waals surface area contributed by atoms with Crippen molar-refractivity contribution in [3.8, 4) is 5.75 Å². The fourth-order valence-corrected chi connectivity index (χ4v) is 2.42. The first-order chi connectivity index (χ1) is 11.9. The summed E-state index contributed by atoms with van der Waals surface area (Å²) in [5.41, 5.74) is 0.697. The number of nitrogens with zero attached hydrogens (tertiary/aromatic N) is 1. The molecule has 0 aliphatic heterocycles. The minimum Gasteiger partial charge on any atom is -0.480 e. The molecule has 0 aliphatic carbocycles. The second-order valence-corrected chi connectivity index (χ2v) is 6.16. The summed E-state index contributed by atoms with van der Waals surface area (Å²) in [6.07, 6.45) is 0. The molecule has 8 heteroatoms. The van der Waals surface area contributed by atoms with Crippen LogP contribution >= 0.6 is 34.8 Å². The fraction of sp³-hybridized carbons (Fsp3) is 0.176. The Balaban J connectivity index is 1.83. The molecule has 2 rings (SSSR count). The number of likely N-dealkylation sites (N-methyl/N-ethyl adjacent to an activating group) is 1. The average molecular weight is 403 g/mol. The molecule has 0 fully saturated rings. The van der Waals surface area contributed by atoms with Crippen LogP contribution in [0.2, 0.25) is 15.1 Å². The predicted molar refractivity (Wildman–Crippen MR) is 97.8 cm³/mol. The van der Waals surface area contributed by atoms with Gasteiger partial charge in [-0.1, -0.05) is 53.0 Å². The summed E-state index contributed by atoms with van der Waals surface area (Å²) in [4.78, 5) is 25.1. The number of carbonyl (C=O) groups excluding carboxylic acids is 2. The maximum absolute atomic E-state index is 12.0. The molecule has 0 atom stereocenters. The van der Waals surface area contributed by atoms with Gasteiger partial charge in [0, 0.05) is 18.8 Å². The highest BCUT2D eigenvalue weighted by Gasteiger charge is 2.15. The van der Waals surface area contributed by atoms with Crippen LogP contribution in [0.4, 0.5) is 5.69 Å². The molecule has 0 aliphatic rings. The first-order valence-corrected chi connectivity index (χ1v) is 8.26. The van der Waals surface area contributed by atoms with Crippen LogP contribution in [0.5, 0.6) is 5.75 Å². The van der Waals surface area contributed by atoms with E-state index < -0.39 is 19.2 Å². The van der Waals surface area contributed by atoms with E-state index >= 15 is 0 Å². The van der Waals surface area contributed by atoms with Gasteiger partial charge in [-0.3, -0.25) is 4.79 Å². The molecular formula is C17H14Cl3NO4. The largest absolute Gasteiger partial charge is 0.480 e. The number of esters is 1. The highest BCUT2D eigenvalue weighted by Crippen LogP contribution is 2.33. The molecule has 2 aromatic carbocycles. The van der Waals surface area contributed by atoms with Crippen molar-refractivity contribution in [2.24, 2.45) is 0 Å². The van der Waals surface area contributed by atoms with E-state index in [-0.39, 0.29) is 26.7 Å². The van der Waals surface area contributed by atoms with Gasteiger partial charge >= 0.3 is 5.97 Å². The summed E-state index contributed by atoms with van der Waals surface area (Å²) in [5, 5.41) is 0.729. The van der Waals surface area contributed by atoms with Crippen molar-refractivity contribution < 1.29 is 19.1 Å². The summed E-state index contributed by atoms with van der Waals surface area (Å²) < 4.78 is 10.1. The van der Waals surface area contributed by atoms with Gasteiger partial charge in [-0.05, 0) is 18.2 Å². The van der Waals surface area contributed by atoms with Crippen molar-refractivity contribution in [1.82, 2.24) is 0 Å². The van der Waals surface area contributed by atoms with Crippen LogP contribution < -0.4 is 9.64 Å². The van der Waals surface area contributed by atoms with Crippen LogP contribution in [0.15, 0.2) is 42.5 Å². The summed E-state index contributed by atoms with van der Waals surface area (Å²) in [7, 11) is 1.59. The van der Waals surface area contributed by atoms with Gasteiger partial charge in [0.25, 0.3) is 5.91 Å². The van der Waals surface area contributed by atoms with Crippen molar-refractivity contribution in [2.45, 2.75) is 0 Å². The van der Waals surface area contributed by atoms with Gasteiger partial charge in [0.2, 0.25) is 0 Å². The number of rotatable bonds is 6. The van der Waals surface area contributed by atoms with Gasteiger partial charge in [-0.2, -0.15) is 0 Å². The van der Waals surface area contributed by atoms with E-state index in [1.54, 1.807) is 31.3 Å². The summed E-state index contributed by atoms with van der Waals surface area (Å²) in [6, 6.07) is 11.8.